The highest BCUT2D eigenvalue weighted by Crippen LogP contribution is 2.23. The van der Waals surface area contributed by atoms with E-state index < -0.39 is 0 Å². The fourth-order valence-electron chi connectivity index (χ4n) is 1.09. The van der Waals surface area contributed by atoms with Crippen LogP contribution in [0.1, 0.15) is 10.4 Å². The second-order valence-corrected chi connectivity index (χ2v) is 3.52. The Bertz CT molecular complexity index is 482. The van der Waals surface area contributed by atoms with E-state index in [1.54, 1.807) is 6.07 Å². The molecule has 2 aromatic heterocycles. The van der Waals surface area contributed by atoms with Crippen LogP contribution in [-0.2, 0) is 0 Å². The molecule has 13 heavy (non-hydrogen) atoms. The molecular weight excluding hydrogens is 257 g/mol. The summed E-state index contributed by atoms with van der Waals surface area (Å²) in [7, 11) is 0. The summed E-state index contributed by atoms with van der Waals surface area (Å²) in [6.07, 6.45) is 2.05. The molecule has 0 bridgehead atoms. The monoisotopic (exact) mass is 259 g/mol. The fraction of sp³-hybridized carbons (Fsp3) is 0. The van der Waals surface area contributed by atoms with Gasteiger partial charge in [0.1, 0.15) is 16.4 Å². The molecule has 0 radical (unpaired) electrons. The van der Waals surface area contributed by atoms with Gasteiger partial charge in [0.15, 0.2) is 11.4 Å². The van der Waals surface area contributed by atoms with Crippen LogP contribution >= 0.6 is 27.5 Å². The van der Waals surface area contributed by atoms with Gasteiger partial charge in [0, 0.05) is 5.56 Å². The lowest BCUT2D eigenvalue weighted by Gasteiger charge is -1.95. The van der Waals surface area contributed by atoms with Gasteiger partial charge in [0.05, 0.1) is 0 Å². The van der Waals surface area contributed by atoms with Gasteiger partial charge in [-0.05, 0) is 22.0 Å². The van der Waals surface area contributed by atoms with Gasteiger partial charge in [-0.25, -0.2) is 9.50 Å². The summed E-state index contributed by atoms with van der Waals surface area (Å²) in [5.41, 5.74) is 0.989. The zero-order chi connectivity index (χ0) is 9.42. The van der Waals surface area contributed by atoms with Crippen LogP contribution in [0.3, 0.4) is 0 Å². The van der Waals surface area contributed by atoms with E-state index in [0.717, 1.165) is 6.29 Å². The molecule has 2 rings (SSSR count). The standard InChI is InChI=1S/C7H3BrClN3O/c8-5-1-4(2-13)6-7(9)10-3-11-12(5)6/h1-3H. The molecule has 0 N–H and O–H groups in total. The van der Waals surface area contributed by atoms with E-state index in [1.807, 2.05) is 0 Å². The molecular formula is C7H3BrClN3O. The molecule has 0 aromatic carbocycles. The number of hydrogen-bond acceptors (Lipinski definition) is 3. The van der Waals surface area contributed by atoms with Crippen LogP contribution in [0.25, 0.3) is 5.52 Å². The third-order valence-corrected chi connectivity index (χ3v) is 2.46. The smallest absolute Gasteiger partial charge is 0.157 e. The molecule has 2 aromatic rings. The number of nitrogens with zero attached hydrogens (tertiary/aromatic N) is 3. The van der Waals surface area contributed by atoms with Crippen molar-refractivity contribution < 1.29 is 4.79 Å². The lowest BCUT2D eigenvalue weighted by atomic mass is 10.3. The molecule has 66 valence electrons. The number of rotatable bonds is 1. The van der Waals surface area contributed by atoms with Gasteiger partial charge in [0.25, 0.3) is 0 Å². The molecule has 0 amide bonds. The Balaban J connectivity index is 2.96. The third-order valence-electron chi connectivity index (χ3n) is 1.62. The molecule has 0 fully saturated rings. The maximum atomic E-state index is 10.6. The average molecular weight is 260 g/mol. The van der Waals surface area contributed by atoms with Crippen LogP contribution in [0.15, 0.2) is 17.0 Å². The first-order valence-electron chi connectivity index (χ1n) is 3.37. The summed E-state index contributed by atoms with van der Waals surface area (Å²) < 4.78 is 2.19. The Hall–Kier alpha value is -0.940. The average Bonchev–Trinajstić information content (AvgIpc) is 2.45. The first-order chi connectivity index (χ1) is 6.24. The van der Waals surface area contributed by atoms with E-state index >= 15 is 0 Å². The van der Waals surface area contributed by atoms with E-state index in [1.165, 1.54) is 10.8 Å². The normalized spacial score (nSPS) is 10.6. The molecule has 2 heterocycles. The van der Waals surface area contributed by atoms with Gasteiger partial charge in [-0.1, -0.05) is 11.6 Å². The van der Waals surface area contributed by atoms with Crippen molar-refractivity contribution in [2.75, 3.05) is 0 Å². The molecule has 0 aliphatic rings. The zero-order valence-electron chi connectivity index (χ0n) is 6.24. The van der Waals surface area contributed by atoms with Crippen molar-refractivity contribution in [3.63, 3.8) is 0 Å². The topological polar surface area (TPSA) is 47.3 Å². The summed E-state index contributed by atoms with van der Waals surface area (Å²) in [4.78, 5) is 14.4. The van der Waals surface area contributed by atoms with Crippen molar-refractivity contribution in [3.05, 3.63) is 27.7 Å². The second kappa shape index (κ2) is 3.08. The van der Waals surface area contributed by atoms with E-state index in [9.17, 15) is 4.79 Å². The van der Waals surface area contributed by atoms with E-state index in [2.05, 4.69) is 26.0 Å². The fourth-order valence-corrected chi connectivity index (χ4v) is 1.83. The highest BCUT2D eigenvalue weighted by Gasteiger charge is 2.10. The molecule has 0 unspecified atom stereocenters. The molecule has 0 atom stereocenters. The van der Waals surface area contributed by atoms with Crippen LogP contribution < -0.4 is 0 Å². The summed E-state index contributed by atoms with van der Waals surface area (Å²) >= 11 is 9.05. The van der Waals surface area contributed by atoms with E-state index in [0.29, 0.717) is 15.7 Å². The number of carbonyl (C=O) groups excluding carboxylic acids is 1. The van der Waals surface area contributed by atoms with Gasteiger partial charge in [-0.15, -0.1) is 0 Å². The number of aromatic nitrogens is 3. The predicted molar refractivity (Wildman–Crippen MR) is 51.1 cm³/mol. The van der Waals surface area contributed by atoms with E-state index in [-0.39, 0.29) is 5.15 Å². The number of fused-ring (bicyclic) bond motifs is 1. The molecule has 0 aliphatic carbocycles. The SMILES string of the molecule is O=Cc1cc(Br)n2ncnc(Cl)c12. The first-order valence-corrected chi connectivity index (χ1v) is 4.54. The Morgan fingerprint density at radius 3 is 3.08 bits per heavy atom. The minimum atomic E-state index is 0.266. The van der Waals surface area contributed by atoms with Gasteiger partial charge in [-0.2, -0.15) is 5.10 Å². The lowest BCUT2D eigenvalue weighted by Crippen LogP contribution is -1.94. The van der Waals surface area contributed by atoms with Crippen molar-refractivity contribution in [1.29, 1.82) is 0 Å². The van der Waals surface area contributed by atoms with Gasteiger partial charge in [0.2, 0.25) is 0 Å². The summed E-state index contributed by atoms with van der Waals surface area (Å²) in [6.45, 7) is 0. The lowest BCUT2D eigenvalue weighted by molar-refractivity contribution is 0.112. The molecule has 6 heteroatoms. The van der Waals surface area contributed by atoms with Crippen molar-refractivity contribution in [2.45, 2.75) is 0 Å². The molecule has 0 spiro atoms. The largest absolute Gasteiger partial charge is 0.298 e. The quantitative estimate of drug-likeness (QED) is 0.736. The highest BCUT2D eigenvalue weighted by atomic mass is 79.9. The molecule has 0 saturated carbocycles. The highest BCUT2D eigenvalue weighted by molar-refractivity contribution is 9.10. The van der Waals surface area contributed by atoms with Crippen LogP contribution in [-0.4, -0.2) is 20.9 Å². The van der Waals surface area contributed by atoms with Crippen LogP contribution in [0.5, 0.6) is 0 Å². The van der Waals surface area contributed by atoms with Crippen molar-refractivity contribution >= 4 is 39.3 Å². The van der Waals surface area contributed by atoms with E-state index in [4.69, 9.17) is 11.6 Å². The number of aldehydes is 1. The maximum absolute atomic E-state index is 10.6. The van der Waals surface area contributed by atoms with Gasteiger partial charge in [-0.3, -0.25) is 4.79 Å². The number of hydrogen-bond donors (Lipinski definition) is 0. The van der Waals surface area contributed by atoms with Crippen molar-refractivity contribution in [1.82, 2.24) is 14.6 Å². The van der Waals surface area contributed by atoms with Gasteiger partial charge < -0.3 is 0 Å². The number of carbonyl (C=O) groups is 1. The van der Waals surface area contributed by atoms with Crippen molar-refractivity contribution in [3.8, 4) is 0 Å². The minimum Gasteiger partial charge on any atom is -0.298 e. The van der Waals surface area contributed by atoms with Crippen LogP contribution in [0, 0.1) is 0 Å². The number of halogens is 2. The zero-order valence-corrected chi connectivity index (χ0v) is 8.58. The van der Waals surface area contributed by atoms with Crippen LogP contribution in [0.2, 0.25) is 5.15 Å². The Morgan fingerprint density at radius 2 is 2.38 bits per heavy atom. The summed E-state index contributed by atoms with van der Waals surface area (Å²) in [5, 5.41) is 4.19. The molecule has 0 saturated heterocycles. The maximum Gasteiger partial charge on any atom is 0.157 e. The summed E-state index contributed by atoms with van der Waals surface area (Å²) in [6, 6.07) is 1.64. The minimum absolute atomic E-state index is 0.266. The first kappa shape index (κ1) is 8.65. The Morgan fingerprint density at radius 1 is 1.62 bits per heavy atom. The van der Waals surface area contributed by atoms with Crippen molar-refractivity contribution in [2.24, 2.45) is 0 Å². The van der Waals surface area contributed by atoms with Gasteiger partial charge >= 0.3 is 0 Å². The summed E-state index contributed by atoms with van der Waals surface area (Å²) in [5.74, 6) is 0. The molecule has 0 aliphatic heterocycles. The third kappa shape index (κ3) is 1.24. The predicted octanol–water partition coefficient (Wildman–Crippen LogP) is 1.96. The molecule has 4 nitrogen and oxygen atoms in total. The second-order valence-electron chi connectivity index (χ2n) is 2.35. The van der Waals surface area contributed by atoms with Crippen LogP contribution in [0.4, 0.5) is 0 Å². The Kier molecular flexibility index (Phi) is 2.05. The Labute approximate surface area is 86.7 Å².